The highest BCUT2D eigenvalue weighted by atomic mass is 35.5. The Morgan fingerprint density at radius 3 is 2.81 bits per heavy atom. The second-order valence-corrected chi connectivity index (χ2v) is 5.76. The molecule has 0 bridgehead atoms. The summed E-state index contributed by atoms with van der Waals surface area (Å²) < 4.78 is 5.39. The lowest BCUT2D eigenvalue weighted by molar-refractivity contribution is 0.325. The Labute approximate surface area is 103 Å². The number of alkyl halides is 1. The van der Waals surface area contributed by atoms with Crippen LogP contribution in [0.1, 0.15) is 31.7 Å². The van der Waals surface area contributed by atoms with Crippen molar-refractivity contribution >= 4 is 11.6 Å². The first-order chi connectivity index (χ1) is 7.63. The van der Waals surface area contributed by atoms with E-state index in [1.807, 2.05) is 12.1 Å². The average molecular weight is 239 g/mol. The summed E-state index contributed by atoms with van der Waals surface area (Å²) in [6.45, 7) is 2.34. The van der Waals surface area contributed by atoms with Gasteiger partial charge in [-0.15, -0.1) is 11.6 Å². The van der Waals surface area contributed by atoms with Crippen LogP contribution in [0, 0.1) is 5.41 Å². The van der Waals surface area contributed by atoms with E-state index in [-0.39, 0.29) is 0 Å². The summed E-state index contributed by atoms with van der Waals surface area (Å²) >= 11 is 6.21. The molecule has 88 valence electrons. The molecule has 0 aromatic heterocycles. The lowest BCUT2D eigenvalue weighted by Gasteiger charge is -2.24. The Hall–Kier alpha value is -0.690. The third-order valence-corrected chi connectivity index (χ3v) is 3.96. The van der Waals surface area contributed by atoms with Gasteiger partial charge in [0.1, 0.15) is 5.75 Å². The third-order valence-electron chi connectivity index (χ3n) is 3.59. The van der Waals surface area contributed by atoms with Gasteiger partial charge in [0.15, 0.2) is 0 Å². The van der Waals surface area contributed by atoms with Crippen LogP contribution in [-0.2, 0) is 6.42 Å². The maximum Gasteiger partial charge on any atom is 0.122 e. The van der Waals surface area contributed by atoms with Gasteiger partial charge in [-0.2, -0.15) is 0 Å². The SMILES string of the molecule is COc1ccccc1CC1(C)CCC(Cl)C1. The molecule has 0 N–H and O–H groups in total. The molecule has 0 heterocycles. The molecule has 0 radical (unpaired) electrons. The van der Waals surface area contributed by atoms with Crippen molar-refractivity contribution in [2.75, 3.05) is 7.11 Å². The smallest absolute Gasteiger partial charge is 0.122 e. The number of para-hydroxylation sites is 1. The predicted octanol–water partition coefficient (Wildman–Crippen LogP) is 4.04. The molecule has 1 fully saturated rings. The Kier molecular flexibility index (Phi) is 3.44. The van der Waals surface area contributed by atoms with E-state index >= 15 is 0 Å². The summed E-state index contributed by atoms with van der Waals surface area (Å²) in [5, 5.41) is 0.361. The minimum Gasteiger partial charge on any atom is -0.496 e. The van der Waals surface area contributed by atoms with Gasteiger partial charge < -0.3 is 4.74 Å². The molecule has 0 spiro atoms. The van der Waals surface area contributed by atoms with Crippen molar-refractivity contribution in [1.82, 2.24) is 0 Å². The second kappa shape index (κ2) is 4.67. The largest absolute Gasteiger partial charge is 0.496 e. The van der Waals surface area contributed by atoms with E-state index < -0.39 is 0 Å². The van der Waals surface area contributed by atoms with Crippen molar-refractivity contribution in [2.45, 2.75) is 38.0 Å². The van der Waals surface area contributed by atoms with Crippen LogP contribution in [0.15, 0.2) is 24.3 Å². The maximum absolute atomic E-state index is 6.21. The predicted molar refractivity (Wildman–Crippen MR) is 68.3 cm³/mol. The zero-order valence-electron chi connectivity index (χ0n) is 10.0. The van der Waals surface area contributed by atoms with E-state index in [1.165, 1.54) is 12.0 Å². The van der Waals surface area contributed by atoms with Gasteiger partial charge in [-0.3, -0.25) is 0 Å². The molecule has 1 aliphatic carbocycles. The summed E-state index contributed by atoms with van der Waals surface area (Å²) in [6.07, 6.45) is 4.55. The number of hydrogen-bond donors (Lipinski definition) is 0. The van der Waals surface area contributed by atoms with Crippen LogP contribution in [0.2, 0.25) is 0 Å². The molecular weight excluding hydrogens is 220 g/mol. The van der Waals surface area contributed by atoms with E-state index in [1.54, 1.807) is 7.11 Å². The first-order valence-corrected chi connectivity index (χ1v) is 6.33. The maximum atomic E-state index is 6.21. The topological polar surface area (TPSA) is 9.23 Å². The zero-order valence-corrected chi connectivity index (χ0v) is 10.8. The molecule has 1 aliphatic rings. The molecule has 2 rings (SSSR count). The highest BCUT2D eigenvalue weighted by molar-refractivity contribution is 6.20. The minimum absolute atomic E-state index is 0.348. The van der Waals surface area contributed by atoms with Crippen LogP contribution in [0.25, 0.3) is 0 Å². The van der Waals surface area contributed by atoms with Gasteiger partial charge in [0.05, 0.1) is 7.11 Å². The molecule has 2 heteroatoms. The van der Waals surface area contributed by atoms with Crippen molar-refractivity contribution < 1.29 is 4.74 Å². The van der Waals surface area contributed by atoms with E-state index in [0.717, 1.165) is 25.0 Å². The number of methoxy groups -OCH3 is 1. The van der Waals surface area contributed by atoms with Crippen molar-refractivity contribution in [3.8, 4) is 5.75 Å². The van der Waals surface area contributed by atoms with Crippen LogP contribution in [0.5, 0.6) is 5.75 Å². The monoisotopic (exact) mass is 238 g/mol. The second-order valence-electron chi connectivity index (χ2n) is 5.14. The van der Waals surface area contributed by atoms with E-state index in [9.17, 15) is 0 Å². The Morgan fingerprint density at radius 1 is 1.44 bits per heavy atom. The van der Waals surface area contributed by atoms with Crippen LogP contribution in [-0.4, -0.2) is 12.5 Å². The number of hydrogen-bond acceptors (Lipinski definition) is 1. The zero-order chi connectivity index (χ0) is 11.6. The van der Waals surface area contributed by atoms with Crippen molar-refractivity contribution in [2.24, 2.45) is 5.41 Å². The van der Waals surface area contributed by atoms with E-state index in [4.69, 9.17) is 16.3 Å². The van der Waals surface area contributed by atoms with Crippen LogP contribution < -0.4 is 4.74 Å². The molecular formula is C14H19ClO. The summed E-state index contributed by atoms with van der Waals surface area (Å²) in [7, 11) is 1.74. The van der Waals surface area contributed by atoms with E-state index in [0.29, 0.717) is 10.8 Å². The minimum atomic E-state index is 0.348. The molecule has 1 aromatic rings. The van der Waals surface area contributed by atoms with Gasteiger partial charge in [0.2, 0.25) is 0 Å². The van der Waals surface area contributed by atoms with Gasteiger partial charge >= 0.3 is 0 Å². The third kappa shape index (κ3) is 2.52. The lowest BCUT2D eigenvalue weighted by Crippen LogP contribution is -2.16. The molecule has 16 heavy (non-hydrogen) atoms. The van der Waals surface area contributed by atoms with Crippen LogP contribution in [0.3, 0.4) is 0 Å². The Balaban J connectivity index is 2.14. The first-order valence-electron chi connectivity index (χ1n) is 5.89. The summed E-state index contributed by atoms with van der Waals surface area (Å²) in [4.78, 5) is 0. The van der Waals surface area contributed by atoms with Gasteiger partial charge in [-0.05, 0) is 42.7 Å². The molecule has 1 aromatic carbocycles. The standard InChI is InChI=1S/C14H19ClO/c1-14(8-7-12(15)10-14)9-11-5-3-4-6-13(11)16-2/h3-6,12H,7-10H2,1-2H3. The molecule has 0 saturated heterocycles. The molecule has 0 amide bonds. The summed E-state index contributed by atoms with van der Waals surface area (Å²) in [5.41, 5.74) is 1.65. The van der Waals surface area contributed by atoms with Gasteiger partial charge in [0.25, 0.3) is 0 Å². The van der Waals surface area contributed by atoms with Gasteiger partial charge in [0, 0.05) is 5.38 Å². The van der Waals surface area contributed by atoms with Crippen molar-refractivity contribution in [3.63, 3.8) is 0 Å². The fraction of sp³-hybridized carbons (Fsp3) is 0.571. The number of ether oxygens (including phenoxy) is 1. The van der Waals surface area contributed by atoms with Gasteiger partial charge in [-0.1, -0.05) is 25.1 Å². The lowest BCUT2D eigenvalue weighted by atomic mass is 9.82. The normalized spacial score (nSPS) is 29.3. The average Bonchev–Trinajstić information content (AvgIpc) is 2.59. The number of halogens is 1. The summed E-state index contributed by atoms with van der Waals surface area (Å²) in [6, 6.07) is 8.29. The van der Waals surface area contributed by atoms with Crippen molar-refractivity contribution in [1.29, 1.82) is 0 Å². The quantitative estimate of drug-likeness (QED) is 0.723. The fourth-order valence-corrected chi connectivity index (χ4v) is 3.19. The van der Waals surface area contributed by atoms with Gasteiger partial charge in [-0.25, -0.2) is 0 Å². The van der Waals surface area contributed by atoms with Crippen LogP contribution >= 0.6 is 11.6 Å². The fourth-order valence-electron chi connectivity index (χ4n) is 2.71. The number of rotatable bonds is 3. The molecule has 0 aliphatic heterocycles. The number of benzene rings is 1. The molecule has 2 unspecified atom stereocenters. The molecule has 1 nitrogen and oxygen atoms in total. The first kappa shape index (κ1) is 11.8. The van der Waals surface area contributed by atoms with Crippen LogP contribution in [0.4, 0.5) is 0 Å². The Morgan fingerprint density at radius 2 is 2.19 bits per heavy atom. The molecule has 2 atom stereocenters. The highest BCUT2D eigenvalue weighted by Gasteiger charge is 2.34. The highest BCUT2D eigenvalue weighted by Crippen LogP contribution is 2.43. The van der Waals surface area contributed by atoms with Crippen molar-refractivity contribution in [3.05, 3.63) is 29.8 Å². The Bertz CT molecular complexity index is 364. The molecule has 1 saturated carbocycles. The summed E-state index contributed by atoms with van der Waals surface area (Å²) in [5.74, 6) is 1.00. The van der Waals surface area contributed by atoms with E-state index in [2.05, 4.69) is 19.1 Å².